The van der Waals surface area contributed by atoms with Crippen molar-refractivity contribution in [2.45, 2.75) is 18.6 Å². The van der Waals surface area contributed by atoms with Gasteiger partial charge in [0, 0.05) is 6.42 Å². The number of carboxylic acids is 2. The standard InChI is InChI=1S/C12H13NO3.C2HF3O2/c13-11(12(15)16)8-10(14)7-6-9-4-2-1-3-5-9;3-2(4,5)1(6)7/h1-7,11H,8,13H2,(H,15,16);(H,6,7)/b7-6+;/t11-;/m0./s1. The molecule has 0 heterocycles. The minimum absolute atomic E-state index is 0.182. The lowest BCUT2D eigenvalue weighted by Gasteiger charge is -2.01. The number of carbonyl (C=O) groups excluding carboxylic acids is 1. The number of rotatable bonds is 5. The second-order valence-corrected chi connectivity index (χ2v) is 4.16. The summed E-state index contributed by atoms with van der Waals surface area (Å²) < 4.78 is 31.7. The Labute approximate surface area is 129 Å². The molecular weight excluding hydrogens is 319 g/mol. The zero-order valence-electron chi connectivity index (χ0n) is 11.7. The van der Waals surface area contributed by atoms with Gasteiger partial charge in [0.1, 0.15) is 6.04 Å². The first-order valence-corrected chi connectivity index (χ1v) is 6.08. The van der Waals surface area contributed by atoms with Crippen LogP contribution in [0.25, 0.3) is 6.08 Å². The number of aliphatic carboxylic acids is 2. The van der Waals surface area contributed by atoms with Crippen molar-refractivity contribution < 1.29 is 37.8 Å². The van der Waals surface area contributed by atoms with Gasteiger partial charge in [-0.3, -0.25) is 9.59 Å². The van der Waals surface area contributed by atoms with Crippen molar-refractivity contribution in [1.29, 1.82) is 0 Å². The van der Waals surface area contributed by atoms with Crippen LogP contribution in [0.15, 0.2) is 36.4 Å². The topological polar surface area (TPSA) is 118 Å². The molecule has 0 saturated heterocycles. The first-order valence-electron chi connectivity index (χ1n) is 6.08. The number of halogens is 3. The minimum atomic E-state index is -5.08. The molecule has 4 N–H and O–H groups in total. The lowest BCUT2D eigenvalue weighted by molar-refractivity contribution is -0.192. The lowest BCUT2D eigenvalue weighted by atomic mass is 10.1. The number of benzene rings is 1. The number of carbonyl (C=O) groups is 3. The van der Waals surface area contributed by atoms with Gasteiger partial charge in [-0.25, -0.2) is 4.79 Å². The highest BCUT2D eigenvalue weighted by atomic mass is 19.4. The van der Waals surface area contributed by atoms with Crippen LogP contribution < -0.4 is 5.73 Å². The van der Waals surface area contributed by atoms with Crippen LogP contribution in [0.2, 0.25) is 0 Å². The van der Waals surface area contributed by atoms with Gasteiger partial charge in [-0.15, -0.1) is 0 Å². The van der Waals surface area contributed by atoms with Crippen molar-refractivity contribution in [3.8, 4) is 0 Å². The molecule has 0 aliphatic rings. The second kappa shape index (κ2) is 9.36. The SMILES string of the molecule is N[C@@H](CC(=O)/C=C/c1ccccc1)C(=O)O.O=C(O)C(F)(F)F. The number of alkyl halides is 3. The summed E-state index contributed by atoms with van der Waals surface area (Å²) >= 11 is 0. The van der Waals surface area contributed by atoms with Gasteiger partial charge in [-0.2, -0.15) is 13.2 Å². The fourth-order valence-electron chi connectivity index (χ4n) is 1.13. The summed E-state index contributed by atoms with van der Waals surface area (Å²) in [5.41, 5.74) is 6.12. The van der Waals surface area contributed by atoms with E-state index in [0.29, 0.717) is 0 Å². The fourth-order valence-corrected chi connectivity index (χ4v) is 1.13. The van der Waals surface area contributed by atoms with E-state index < -0.39 is 24.2 Å². The Morgan fingerprint density at radius 3 is 2.00 bits per heavy atom. The van der Waals surface area contributed by atoms with Crippen LogP contribution in [0.3, 0.4) is 0 Å². The summed E-state index contributed by atoms with van der Waals surface area (Å²) in [7, 11) is 0. The molecule has 0 fully saturated rings. The second-order valence-electron chi connectivity index (χ2n) is 4.16. The first kappa shape index (κ1) is 20.3. The van der Waals surface area contributed by atoms with E-state index in [-0.39, 0.29) is 12.2 Å². The maximum absolute atomic E-state index is 11.3. The van der Waals surface area contributed by atoms with E-state index in [4.69, 9.17) is 20.7 Å². The number of allylic oxidation sites excluding steroid dienone is 1. The van der Waals surface area contributed by atoms with E-state index in [1.807, 2.05) is 30.3 Å². The van der Waals surface area contributed by atoms with Gasteiger partial charge in [-0.1, -0.05) is 36.4 Å². The molecule has 1 atom stereocenters. The molecule has 1 aromatic rings. The molecule has 126 valence electrons. The molecule has 1 aromatic carbocycles. The van der Waals surface area contributed by atoms with E-state index in [1.54, 1.807) is 6.08 Å². The third-order valence-electron chi connectivity index (χ3n) is 2.24. The van der Waals surface area contributed by atoms with Gasteiger partial charge in [-0.05, 0) is 11.6 Å². The third-order valence-corrected chi connectivity index (χ3v) is 2.24. The Morgan fingerprint density at radius 2 is 1.61 bits per heavy atom. The quantitative estimate of drug-likeness (QED) is 0.706. The average Bonchev–Trinajstić information content (AvgIpc) is 2.45. The van der Waals surface area contributed by atoms with Crippen molar-refractivity contribution in [2.24, 2.45) is 5.73 Å². The summed E-state index contributed by atoms with van der Waals surface area (Å²) in [5.74, 6) is -4.22. The van der Waals surface area contributed by atoms with Gasteiger partial charge in [0.05, 0.1) is 0 Å². The first-order chi connectivity index (χ1) is 10.5. The molecule has 0 unspecified atom stereocenters. The highest BCUT2D eigenvalue weighted by molar-refractivity contribution is 5.96. The van der Waals surface area contributed by atoms with Crippen molar-refractivity contribution in [2.75, 3.05) is 0 Å². The molecule has 0 radical (unpaired) electrons. The molecule has 0 aliphatic carbocycles. The van der Waals surface area contributed by atoms with E-state index >= 15 is 0 Å². The maximum Gasteiger partial charge on any atom is 0.490 e. The predicted molar refractivity (Wildman–Crippen MR) is 74.4 cm³/mol. The highest BCUT2D eigenvalue weighted by Gasteiger charge is 2.38. The number of hydrogen-bond acceptors (Lipinski definition) is 4. The fraction of sp³-hybridized carbons (Fsp3) is 0.214. The lowest BCUT2D eigenvalue weighted by Crippen LogP contribution is -2.32. The number of ketones is 1. The van der Waals surface area contributed by atoms with Crippen LogP contribution in [-0.2, 0) is 14.4 Å². The molecule has 0 bridgehead atoms. The van der Waals surface area contributed by atoms with E-state index in [1.165, 1.54) is 6.08 Å². The zero-order chi connectivity index (χ0) is 18.0. The van der Waals surface area contributed by atoms with E-state index in [2.05, 4.69) is 0 Å². The largest absolute Gasteiger partial charge is 0.490 e. The molecule has 23 heavy (non-hydrogen) atoms. The van der Waals surface area contributed by atoms with Gasteiger partial charge >= 0.3 is 18.1 Å². The van der Waals surface area contributed by atoms with Gasteiger partial charge in [0.15, 0.2) is 5.78 Å². The van der Waals surface area contributed by atoms with Crippen LogP contribution in [0.1, 0.15) is 12.0 Å². The van der Waals surface area contributed by atoms with Crippen LogP contribution in [0.4, 0.5) is 13.2 Å². The van der Waals surface area contributed by atoms with Crippen LogP contribution >= 0.6 is 0 Å². The summed E-state index contributed by atoms with van der Waals surface area (Å²) in [6.07, 6.45) is -2.28. The Hall–Kier alpha value is -2.68. The number of hydrogen-bond donors (Lipinski definition) is 3. The smallest absolute Gasteiger partial charge is 0.480 e. The molecule has 9 heteroatoms. The molecule has 0 aliphatic heterocycles. The normalized spacial score (nSPS) is 12.2. The van der Waals surface area contributed by atoms with E-state index in [0.717, 1.165) is 5.56 Å². The van der Waals surface area contributed by atoms with Crippen molar-refractivity contribution >= 4 is 23.8 Å². The van der Waals surface area contributed by atoms with E-state index in [9.17, 15) is 22.8 Å². The summed E-state index contributed by atoms with van der Waals surface area (Å²) in [4.78, 5) is 30.6. The van der Waals surface area contributed by atoms with Gasteiger partial charge < -0.3 is 15.9 Å². The molecule has 6 nitrogen and oxygen atoms in total. The van der Waals surface area contributed by atoms with Crippen LogP contribution in [0, 0.1) is 0 Å². The molecule has 0 amide bonds. The third kappa shape index (κ3) is 9.80. The summed E-state index contributed by atoms with van der Waals surface area (Å²) in [6, 6.07) is 8.15. The van der Waals surface area contributed by atoms with Gasteiger partial charge in [0.25, 0.3) is 0 Å². The molecular formula is C14H14F3NO5. The Bertz CT molecular complexity index is 570. The highest BCUT2D eigenvalue weighted by Crippen LogP contribution is 2.13. The molecule has 0 saturated carbocycles. The molecule has 0 aromatic heterocycles. The Morgan fingerprint density at radius 1 is 1.13 bits per heavy atom. The van der Waals surface area contributed by atoms with Crippen molar-refractivity contribution in [3.05, 3.63) is 42.0 Å². The zero-order valence-corrected chi connectivity index (χ0v) is 11.7. The maximum atomic E-state index is 11.3. The Kier molecular flexibility index (Phi) is 8.27. The summed E-state index contributed by atoms with van der Waals surface area (Å²) in [5, 5.41) is 15.6. The molecule has 0 spiro atoms. The van der Waals surface area contributed by atoms with Gasteiger partial charge in [0.2, 0.25) is 0 Å². The average molecular weight is 333 g/mol. The van der Waals surface area contributed by atoms with Crippen LogP contribution in [0.5, 0.6) is 0 Å². The Balaban J connectivity index is 0.000000585. The number of carboxylic acid groups (broad SMARTS) is 2. The van der Waals surface area contributed by atoms with Crippen molar-refractivity contribution in [1.82, 2.24) is 0 Å². The van der Waals surface area contributed by atoms with Crippen LogP contribution in [-0.4, -0.2) is 40.2 Å². The monoisotopic (exact) mass is 333 g/mol. The minimum Gasteiger partial charge on any atom is -0.480 e. The predicted octanol–water partition coefficient (Wildman–Crippen LogP) is 1.70. The summed E-state index contributed by atoms with van der Waals surface area (Å²) in [6.45, 7) is 0. The molecule has 1 rings (SSSR count). The number of nitrogens with two attached hydrogens (primary N) is 1. The van der Waals surface area contributed by atoms with Crippen molar-refractivity contribution in [3.63, 3.8) is 0 Å².